The van der Waals surface area contributed by atoms with Crippen LogP contribution in [0.3, 0.4) is 0 Å². The molecule has 0 saturated heterocycles. The number of fused-ring (bicyclic) bond motifs is 1. The summed E-state index contributed by atoms with van der Waals surface area (Å²) in [7, 11) is 1.48. The van der Waals surface area contributed by atoms with E-state index in [-0.39, 0.29) is 5.56 Å². The van der Waals surface area contributed by atoms with Gasteiger partial charge in [0.05, 0.1) is 11.6 Å². The van der Waals surface area contributed by atoms with Crippen LogP contribution in [-0.2, 0) is 4.79 Å². The molecule has 0 unspecified atom stereocenters. The number of esters is 1. The number of benzene rings is 2. The fourth-order valence-corrected chi connectivity index (χ4v) is 3.87. The number of hydrogen-bond acceptors (Lipinski definition) is 7. The van der Waals surface area contributed by atoms with E-state index in [1.165, 1.54) is 29.9 Å². The molecule has 7 nitrogen and oxygen atoms in total. The predicted molar refractivity (Wildman–Crippen MR) is 121 cm³/mol. The number of rotatable bonds is 5. The van der Waals surface area contributed by atoms with E-state index in [9.17, 15) is 9.59 Å². The zero-order valence-corrected chi connectivity index (χ0v) is 18.1. The second-order valence-electron chi connectivity index (χ2n) is 6.47. The molecule has 0 spiro atoms. The normalized spacial score (nSPS) is 12.0. The summed E-state index contributed by atoms with van der Waals surface area (Å²) in [4.78, 5) is 28.8. The Morgan fingerprint density at radius 3 is 2.52 bits per heavy atom. The van der Waals surface area contributed by atoms with Gasteiger partial charge in [0.1, 0.15) is 0 Å². The number of aromatic nitrogens is 3. The summed E-state index contributed by atoms with van der Waals surface area (Å²) in [5, 5.41) is 4.94. The molecule has 0 N–H and O–H groups in total. The fourth-order valence-electron chi connectivity index (χ4n) is 2.83. The number of methoxy groups -OCH3 is 1. The molecule has 2 aromatic heterocycles. The highest BCUT2D eigenvalue weighted by molar-refractivity contribution is 7.15. The highest BCUT2D eigenvalue weighted by atomic mass is 35.5. The number of nitrogens with zero attached hydrogens (tertiary/aromatic N) is 3. The second kappa shape index (κ2) is 8.71. The van der Waals surface area contributed by atoms with Crippen LogP contribution in [0.15, 0.2) is 47.3 Å². The summed E-state index contributed by atoms with van der Waals surface area (Å²) in [6.45, 7) is 1.32. The van der Waals surface area contributed by atoms with Gasteiger partial charge in [0.25, 0.3) is 5.56 Å². The SMILES string of the molecule is COc1cc(/C=c2/sc3nc(/C=C/c4ccc(Cl)cc4)nn3c2=O)ccc1OC(C)=O. The Bertz CT molecular complexity index is 1410. The van der Waals surface area contributed by atoms with Gasteiger partial charge in [-0.25, -0.2) is 0 Å². The Kier molecular flexibility index (Phi) is 5.83. The molecular weight excluding hydrogens is 438 g/mol. The summed E-state index contributed by atoms with van der Waals surface area (Å²) < 4.78 is 12.1. The van der Waals surface area contributed by atoms with Crippen molar-refractivity contribution < 1.29 is 14.3 Å². The number of carbonyl (C=O) groups is 1. The zero-order valence-electron chi connectivity index (χ0n) is 16.5. The summed E-state index contributed by atoms with van der Waals surface area (Å²) in [6, 6.07) is 12.4. The first-order valence-corrected chi connectivity index (χ1v) is 10.3. The molecule has 9 heteroatoms. The maximum absolute atomic E-state index is 12.7. The van der Waals surface area contributed by atoms with Gasteiger partial charge >= 0.3 is 5.97 Å². The first-order valence-electron chi connectivity index (χ1n) is 9.14. The number of hydrogen-bond donors (Lipinski definition) is 0. The quantitative estimate of drug-likeness (QED) is 0.340. The molecule has 2 heterocycles. The van der Waals surface area contributed by atoms with Crippen LogP contribution in [0.25, 0.3) is 23.2 Å². The minimum Gasteiger partial charge on any atom is -0.493 e. The lowest BCUT2D eigenvalue weighted by atomic mass is 10.2. The Balaban J connectivity index is 1.63. The van der Waals surface area contributed by atoms with Gasteiger partial charge in [-0.3, -0.25) is 9.59 Å². The van der Waals surface area contributed by atoms with Gasteiger partial charge in [-0.2, -0.15) is 9.50 Å². The van der Waals surface area contributed by atoms with Crippen LogP contribution in [0.2, 0.25) is 5.02 Å². The van der Waals surface area contributed by atoms with Crippen molar-refractivity contribution in [1.82, 2.24) is 14.6 Å². The highest BCUT2D eigenvalue weighted by Gasteiger charge is 2.11. The maximum Gasteiger partial charge on any atom is 0.308 e. The van der Waals surface area contributed by atoms with Crippen LogP contribution >= 0.6 is 22.9 Å². The first-order chi connectivity index (χ1) is 14.9. The van der Waals surface area contributed by atoms with Gasteiger partial charge in [-0.05, 0) is 47.5 Å². The predicted octanol–water partition coefficient (Wildman–Crippen LogP) is 3.46. The highest BCUT2D eigenvalue weighted by Crippen LogP contribution is 2.28. The van der Waals surface area contributed by atoms with Gasteiger partial charge in [0.15, 0.2) is 17.3 Å². The fraction of sp³-hybridized carbons (Fsp3) is 0.0909. The van der Waals surface area contributed by atoms with Crippen molar-refractivity contribution in [2.45, 2.75) is 6.92 Å². The van der Waals surface area contributed by atoms with Crippen molar-refractivity contribution in [2.24, 2.45) is 0 Å². The molecule has 0 radical (unpaired) electrons. The number of thiazole rings is 1. The topological polar surface area (TPSA) is 82.8 Å². The minimum absolute atomic E-state index is 0.262. The average Bonchev–Trinajstić information content (AvgIpc) is 3.27. The second-order valence-corrected chi connectivity index (χ2v) is 7.91. The van der Waals surface area contributed by atoms with E-state index in [1.54, 1.807) is 42.5 Å². The smallest absolute Gasteiger partial charge is 0.308 e. The summed E-state index contributed by atoms with van der Waals surface area (Å²) in [5.41, 5.74) is 1.41. The minimum atomic E-state index is -0.441. The first kappa shape index (κ1) is 20.8. The number of carbonyl (C=O) groups excluding carboxylic acids is 1. The van der Waals surface area contributed by atoms with Gasteiger partial charge in [-0.15, -0.1) is 5.10 Å². The van der Waals surface area contributed by atoms with E-state index >= 15 is 0 Å². The molecule has 0 fully saturated rings. The Labute approximate surface area is 185 Å². The lowest BCUT2D eigenvalue weighted by molar-refractivity contribution is -0.132. The Morgan fingerprint density at radius 1 is 1.10 bits per heavy atom. The van der Waals surface area contributed by atoms with Crippen LogP contribution in [0.1, 0.15) is 23.9 Å². The van der Waals surface area contributed by atoms with Crippen molar-refractivity contribution in [1.29, 1.82) is 0 Å². The van der Waals surface area contributed by atoms with E-state index in [2.05, 4.69) is 10.1 Å². The molecule has 0 saturated carbocycles. The van der Waals surface area contributed by atoms with Crippen LogP contribution in [0.4, 0.5) is 0 Å². The van der Waals surface area contributed by atoms with Crippen molar-refractivity contribution in [3.63, 3.8) is 0 Å². The van der Waals surface area contributed by atoms with E-state index in [1.807, 2.05) is 18.2 Å². The van der Waals surface area contributed by atoms with Crippen LogP contribution < -0.4 is 19.6 Å². The van der Waals surface area contributed by atoms with Crippen molar-refractivity contribution >= 4 is 52.1 Å². The molecule has 31 heavy (non-hydrogen) atoms. The van der Waals surface area contributed by atoms with E-state index in [0.29, 0.717) is 31.8 Å². The van der Waals surface area contributed by atoms with E-state index in [0.717, 1.165) is 11.1 Å². The summed E-state index contributed by atoms with van der Waals surface area (Å²) in [5.74, 6) is 0.709. The average molecular weight is 454 g/mol. The molecule has 0 amide bonds. The zero-order chi connectivity index (χ0) is 22.0. The van der Waals surface area contributed by atoms with Crippen LogP contribution in [0.5, 0.6) is 11.5 Å². The number of ether oxygens (including phenoxy) is 2. The molecular formula is C22H16ClN3O4S. The van der Waals surface area contributed by atoms with E-state index < -0.39 is 5.97 Å². The van der Waals surface area contributed by atoms with Gasteiger partial charge in [0.2, 0.25) is 4.96 Å². The van der Waals surface area contributed by atoms with Crippen molar-refractivity contribution in [3.8, 4) is 11.5 Å². The number of halogens is 1. The van der Waals surface area contributed by atoms with Crippen molar-refractivity contribution in [3.05, 3.63) is 79.3 Å². The lowest BCUT2D eigenvalue weighted by Crippen LogP contribution is -2.23. The van der Waals surface area contributed by atoms with Crippen molar-refractivity contribution in [2.75, 3.05) is 7.11 Å². The standard InChI is InChI=1S/C22H16ClN3O4S/c1-13(27)30-17-9-5-15(11-18(17)29-2)12-19-21(28)26-22(31-19)24-20(25-26)10-6-14-3-7-16(23)8-4-14/h3-12H,1-2H3/b10-6+,19-12+. The third kappa shape index (κ3) is 4.65. The van der Waals surface area contributed by atoms with Crippen LogP contribution in [0, 0.1) is 0 Å². The summed E-state index contributed by atoms with van der Waals surface area (Å²) >= 11 is 7.12. The summed E-state index contributed by atoms with van der Waals surface area (Å²) in [6.07, 6.45) is 5.31. The molecule has 0 aliphatic heterocycles. The monoisotopic (exact) mass is 453 g/mol. The molecule has 0 atom stereocenters. The molecule has 156 valence electrons. The molecule has 0 aliphatic carbocycles. The lowest BCUT2D eigenvalue weighted by Gasteiger charge is -2.08. The molecule has 2 aromatic carbocycles. The van der Waals surface area contributed by atoms with Crippen LogP contribution in [-0.4, -0.2) is 27.7 Å². The largest absolute Gasteiger partial charge is 0.493 e. The third-order valence-corrected chi connectivity index (χ3v) is 5.44. The van der Waals surface area contributed by atoms with Gasteiger partial charge in [0, 0.05) is 11.9 Å². The molecule has 4 rings (SSSR count). The molecule has 0 bridgehead atoms. The molecule has 4 aromatic rings. The molecule has 0 aliphatic rings. The van der Waals surface area contributed by atoms with Gasteiger partial charge < -0.3 is 9.47 Å². The maximum atomic E-state index is 12.7. The Hall–Kier alpha value is -3.49. The van der Waals surface area contributed by atoms with E-state index in [4.69, 9.17) is 21.1 Å². The third-order valence-electron chi connectivity index (χ3n) is 4.23. The Morgan fingerprint density at radius 2 is 1.84 bits per heavy atom. The van der Waals surface area contributed by atoms with Gasteiger partial charge in [-0.1, -0.05) is 47.2 Å².